The summed E-state index contributed by atoms with van der Waals surface area (Å²) in [6.45, 7) is 6.92. The number of fused-ring (bicyclic) bond motifs is 1. The number of rotatable bonds is 3. The van der Waals surface area contributed by atoms with E-state index in [1.54, 1.807) is 17.6 Å². The molecule has 0 saturated carbocycles. The number of nitriles is 1. The van der Waals surface area contributed by atoms with Crippen molar-refractivity contribution in [3.8, 4) is 17.4 Å². The molecule has 1 atom stereocenters. The first-order valence-corrected chi connectivity index (χ1v) is 10.5. The number of hydrogen-bond acceptors (Lipinski definition) is 4. The second kappa shape index (κ2) is 7.41. The Morgan fingerprint density at radius 1 is 1.18 bits per heavy atom. The van der Waals surface area contributed by atoms with E-state index >= 15 is 0 Å². The molecule has 0 N–H and O–H groups in total. The standard InChI is InChI=1S/C24H24N2OS/c1-24(2,3)17-9-11-19-20(14-25)23(28-22(19)13-17)26-15-18-10-12-21(27-18)16-7-5-4-6-8-16/h4-8,10,12,15,17H,9,11,13H2,1-3H3/t17-/m0/s1. The molecule has 2 aromatic heterocycles. The van der Waals surface area contributed by atoms with Crippen molar-refractivity contribution >= 4 is 22.6 Å². The maximum Gasteiger partial charge on any atom is 0.145 e. The Bertz CT molecular complexity index is 1040. The molecule has 2 heterocycles. The minimum Gasteiger partial charge on any atom is -0.455 e. The highest BCUT2D eigenvalue weighted by Gasteiger charge is 2.32. The van der Waals surface area contributed by atoms with Gasteiger partial charge in [-0.1, -0.05) is 51.1 Å². The van der Waals surface area contributed by atoms with Crippen molar-refractivity contribution in [3.63, 3.8) is 0 Å². The number of thiophene rings is 1. The molecular formula is C24H24N2OS. The van der Waals surface area contributed by atoms with Gasteiger partial charge in [0.1, 0.15) is 22.6 Å². The summed E-state index contributed by atoms with van der Waals surface area (Å²) >= 11 is 1.67. The first kappa shape index (κ1) is 18.7. The summed E-state index contributed by atoms with van der Waals surface area (Å²) in [5.41, 5.74) is 3.29. The Morgan fingerprint density at radius 3 is 2.68 bits per heavy atom. The van der Waals surface area contributed by atoms with Gasteiger partial charge in [0.25, 0.3) is 0 Å². The van der Waals surface area contributed by atoms with Gasteiger partial charge in [0.2, 0.25) is 0 Å². The van der Waals surface area contributed by atoms with E-state index in [0.29, 0.717) is 17.1 Å². The van der Waals surface area contributed by atoms with Crippen LogP contribution in [0.5, 0.6) is 0 Å². The van der Waals surface area contributed by atoms with Gasteiger partial charge < -0.3 is 4.42 Å². The molecule has 4 heteroatoms. The van der Waals surface area contributed by atoms with E-state index in [2.05, 4.69) is 31.8 Å². The van der Waals surface area contributed by atoms with Crippen molar-refractivity contribution in [1.29, 1.82) is 5.26 Å². The average molecular weight is 389 g/mol. The first-order valence-electron chi connectivity index (χ1n) is 9.69. The second-order valence-electron chi connectivity index (χ2n) is 8.43. The lowest BCUT2D eigenvalue weighted by Gasteiger charge is -2.33. The van der Waals surface area contributed by atoms with Gasteiger partial charge in [0, 0.05) is 10.4 Å². The summed E-state index contributed by atoms with van der Waals surface area (Å²) < 4.78 is 5.90. The molecule has 3 nitrogen and oxygen atoms in total. The Hall–Kier alpha value is -2.64. The maximum atomic E-state index is 9.70. The van der Waals surface area contributed by atoms with Crippen molar-refractivity contribution in [2.75, 3.05) is 0 Å². The number of nitrogens with zero attached hydrogens (tertiary/aromatic N) is 2. The van der Waals surface area contributed by atoms with Gasteiger partial charge in [-0.3, -0.25) is 0 Å². The third-order valence-corrected chi connectivity index (χ3v) is 6.74. The van der Waals surface area contributed by atoms with Gasteiger partial charge in [-0.25, -0.2) is 4.99 Å². The fourth-order valence-electron chi connectivity index (χ4n) is 3.82. The SMILES string of the molecule is CC(C)(C)[C@H]1CCc2c(sc(N=Cc3ccc(-c4ccccc4)o3)c2C#N)C1. The topological polar surface area (TPSA) is 49.3 Å². The predicted octanol–water partition coefficient (Wildman–Crippen LogP) is 6.78. The Morgan fingerprint density at radius 2 is 1.96 bits per heavy atom. The molecule has 0 saturated heterocycles. The molecule has 0 bridgehead atoms. The monoisotopic (exact) mass is 388 g/mol. The molecule has 0 amide bonds. The van der Waals surface area contributed by atoms with E-state index in [4.69, 9.17) is 4.42 Å². The van der Waals surface area contributed by atoms with Crippen LogP contribution < -0.4 is 0 Å². The number of aliphatic imine (C=N–C) groups is 1. The molecule has 1 aliphatic carbocycles. The van der Waals surface area contributed by atoms with Crippen LogP contribution >= 0.6 is 11.3 Å². The Kier molecular flexibility index (Phi) is 4.95. The molecule has 0 unspecified atom stereocenters. The zero-order valence-electron chi connectivity index (χ0n) is 16.5. The first-order chi connectivity index (χ1) is 13.5. The van der Waals surface area contributed by atoms with Crippen LogP contribution in [0, 0.1) is 22.7 Å². The summed E-state index contributed by atoms with van der Waals surface area (Å²) in [7, 11) is 0. The smallest absolute Gasteiger partial charge is 0.145 e. The zero-order valence-corrected chi connectivity index (χ0v) is 17.3. The molecule has 3 aromatic rings. The van der Waals surface area contributed by atoms with Crippen LogP contribution in [0.4, 0.5) is 5.00 Å². The van der Waals surface area contributed by atoms with E-state index < -0.39 is 0 Å². The van der Waals surface area contributed by atoms with Crippen molar-refractivity contribution in [2.24, 2.45) is 16.3 Å². The molecule has 28 heavy (non-hydrogen) atoms. The highest BCUT2D eigenvalue weighted by molar-refractivity contribution is 7.16. The highest BCUT2D eigenvalue weighted by atomic mass is 32.1. The van der Waals surface area contributed by atoms with E-state index in [1.165, 1.54) is 10.4 Å². The second-order valence-corrected chi connectivity index (χ2v) is 9.51. The summed E-state index contributed by atoms with van der Waals surface area (Å²) in [5.74, 6) is 2.17. The van der Waals surface area contributed by atoms with Gasteiger partial charge >= 0.3 is 0 Å². The molecule has 1 aliphatic rings. The van der Waals surface area contributed by atoms with Gasteiger partial charge in [0.05, 0.1) is 11.8 Å². The van der Waals surface area contributed by atoms with E-state index in [0.717, 1.165) is 41.2 Å². The summed E-state index contributed by atoms with van der Waals surface area (Å²) in [4.78, 5) is 5.96. The highest BCUT2D eigenvalue weighted by Crippen LogP contribution is 2.44. The fourth-order valence-corrected chi connectivity index (χ4v) is 5.04. The lowest BCUT2D eigenvalue weighted by Crippen LogP contribution is -2.26. The summed E-state index contributed by atoms with van der Waals surface area (Å²) in [6, 6.07) is 16.3. The Labute approximate surface area is 170 Å². The van der Waals surface area contributed by atoms with Crippen molar-refractivity contribution in [2.45, 2.75) is 40.0 Å². The number of furan rings is 1. The van der Waals surface area contributed by atoms with Crippen LogP contribution in [0.1, 0.15) is 49.0 Å². The van der Waals surface area contributed by atoms with Crippen LogP contribution in [0.3, 0.4) is 0 Å². The normalized spacial score (nSPS) is 16.9. The lowest BCUT2D eigenvalue weighted by molar-refractivity contribution is 0.218. The Balaban J connectivity index is 1.59. The van der Waals surface area contributed by atoms with E-state index in [9.17, 15) is 5.26 Å². The van der Waals surface area contributed by atoms with Crippen LogP contribution in [0.2, 0.25) is 0 Å². The molecule has 0 spiro atoms. The lowest BCUT2D eigenvalue weighted by atomic mass is 9.72. The molecule has 4 rings (SSSR count). The molecule has 1 aromatic carbocycles. The van der Waals surface area contributed by atoms with Crippen LogP contribution in [0.25, 0.3) is 11.3 Å². The van der Waals surface area contributed by atoms with Gasteiger partial charge in [-0.05, 0) is 48.3 Å². The van der Waals surface area contributed by atoms with Crippen LogP contribution in [-0.2, 0) is 12.8 Å². The molecule has 0 fully saturated rings. The third kappa shape index (κ3) is 3.68. The zero-order chi connectivity index (χ0) is 19.7. The van der Waals surface area contributed by atoms with E-state index in [1.807, 2.05) is 42.5 Å². The van der Waals surface area contributed by atoms with Crippen molar-refractivity contribution < 1.29 is 4.42 Å². The predicted molar refractivity (Wildman–Crippen MR) is 115 cm³/mol. The van der Waals surface area contributed by atoms with Crippen LogP contribution in [0.15, 0.2) is 51.9 Å². The summed E-state index contributed by atoms with van der Waals surface area (Å²) in [6.07, 6.45) is 4.90. The number of benzene rings is 1. The number of hydrogen-bond donors (Lipinski definition) is 0. The molecule has 0 aliphatic heterocycles. The molecule has 142 valence electrons. The van der Waals surface area contributed by atoms with Gasteiger partial charge in [-0.15, -0.1) is 11.3 Å². The largest absolute Gasteiger partial charge is 0.455 e. The average Bonchev–Trinajstić information content (AvgIpc) is 3.30. The van der Waals surface area contributed by atoms with Gasteiger partial charge in [-0.2, -0.15) is 5.26 Å². The van der Waals surface area contributed by atoms with Crippen LogP contribution in [-0.4, -0.2) is 6.21 Å². The van der Waals surface area contributed by atoms with Crippen molar-refractivity contribution in [1.82, 2.24) is 0 Å². The van der Waals surface area contributed by atoms with Crippen molar-refractivity contribution in [3.05, 3.63) is 64.2 Å². The van der Waals surface area contributed by atoms with E-state index in [-0.39, 0.29) is 0 Å². The van der Waals surface area contributed by atoms with Gasteiger partial charge in [0.15, 0.2) is 0 Å². The minimum absolute atomic E-state index is 0.292. The maximum absolute atomic E-state index is 9.70. The molecule has 0 radical (unpaired) electrons. The molecular weight excluding hydrogens is 364 g/mol. The summed E-state index contributed by atoms with van der Waals surface area (Å²) in [5, 5.41) is 10.5. The quantitative estimate of drug-likeness (QED) is 0.464. The fraction of sp³-hybridized carbons (Fsp3) is 0.333. The minimum atomic E-state index is 0.292. The third-order valence-electron chi connectivity index (χ3n) is 5.58.